The number of benzene rings is 1. The number of nitrogens with zero attached hydrogens (tertiary/aromatic N) is 4. The molecule has 0 unspecified atom stereocenters. The molecule has 6 heteroatoms. The van der Waals surface area contributed by atoms with E-state index in [0.29, 0.717) is 18.1 Å². The van der Waals surface area contributed by atoms with E-state index in [9.17, 15) is 4.79 Å². The Kier molecular flexibility index (Phi) is 5.79. The van der Waals surface area contributed by atoms with E-state index in [-0.39, 0.29) is 5.91 Å². The Bertz CT molecular complexity index is 954. The van der Waals surface area contributed by atoms with Gasteiger partial charge in [-0.3, -0.25) is 9.78 Å². The van der Waals surface area contributed by atoms with Crippen molar-refractivity contribution in [1.29, 1.82) is 0 Å². The van der Waals surface area contributed by atoms with Gasteiger partial charge < -0.3 is 10.2 Å². The Morgan fingerprint density at radius 3 is 2.52 bits per heavy atom. The Morgan fingerprint density at radius 2 is 1.79 bits per heavy atom. The fourth-order valence-corrected chi connectivity index (χ4v) is 3.44. The van der Waals surface area contributed by atoms with Crippen LogP contribution in [0.4, 0.5) is 5.82 Å². The third kappa shape index (κ3) is 4.77. The number of anilines is 1. The predicted octanol–water partition coefficient (Wildman–Crippen LogP) is 3.70. The first-order valence-electron chi connectivity index (χ1n) is 10.1. The molecule has 4 rings (SSSR count). The molecule has 3 heterocycles. The summed E-state index contributed by atoms with van der Waals surface area (Å²) in [7, 11) is 0. The Balaban J connectivity index is 1.61. The molecular formula is C23H25N5O. The van der Waals surface area contributed by atoms with Gasteiger partial charge in [-0.1, -0.05) is 37.3 Å². The summed E-state index contributed by atoms with van der Waals surface area (Å²) in [5.41, 5.74) is 2.29. The zero-order chi connectivity index (χ0) is 20.1. The molecule has 3 aromatic rings. The van der Waals surface area contributed by atoms with Crippen molar-refractivity contribution in [3.8, 4) is 11.4 Å². The minimum Gasteiger partial charge on any atom is -0.356 e. The average Bonchev–Trinajstić information content (AvgIpc) is 2.79. The molecular weight excluding hydrogens is 362 g/mol. The molecule has 0 atom stereocenters. The van der Waals surface area contributed by atoms with Crippen LogP contribution in [-0.2, 0) is 6.54 Å². The summed E-state index contributed by atoms with van der Waals surface area (Å²) in [6.45, 7) is 4.61. The first-order valence-corrected chi connectivity index (χ1v) is 10.1. The van der Waals surface area contributed by atoms with E-state index in [0.717, 1.165) is 48.8 Å². The van der Waals surface area contributed by atoms with E-state index in [2.05, 4.69) is 27.1 Å². The molecule has 1 N–H and O–H groups in total. The highest BCUT2D eigenvalue weighted by Crippen LogP contribution is 2.24. The molecule has 1 aliphatic heterocycles. The lowest BCUT2D eigenvalue weighted by atomic mass is 9.99. The van der Waals surface area contributed by atoms with Crippen LogP contribution < -0.4 is 10.2 Å². The van der Waals surface area contributed by atoms with Crippen LogP contribution in [0.15, 0.2) is 60.9 Å². The highest BCUT2D eigenvalue weighted by Gasteiger charge is 2.20. The molecule has 0 bridgehead atoms. The Hall–Kier alpha value is -3.28. The van der Waals surface area contributed by atoms with Crippen molar-refractivity contribution >= 4 is 11.7 Å². The second-order valence-electron chi connectivity index (χ2n) is 7.51. The number of hydrogen-bond donors (Lipinski definition) is 1. The number of pyridine rings is 1. The number of rotatable bonds is 5. The molecule has 0 saturated carbocycles. The maximum Gasteiger partial charge on any atom is 0.270 e. The van der Waals surface area contributed by atoms with Crippen molar-refractivity contribution in [2.45, 2.75) is 26.3 Å². The SMILES string of the molecule is CC1CCN(c2cc(C(=O)NCc3ccncc3)nc(-c3ccccc3)n2)CC1. The minimum atomic E-state index is -0.201. The number of carbonyl (C=O) groups excluding carboxylic acids is 1. The van der Waals surface area contributed by atoms with Gasteiger partial charge in [0.05, 0.1) is 0 Å². The standard InChI is InChI=1S/C23H25N5O/c1-17-9-13-28(14-10-17)21-15-20(23(29)25-16-18-7-11-24-12-8-18)26-22(27-21)19-5-3-2-4-6-19/h2-8,11-12,15,17H,9-10,13-14,16H2,1H3,(H,25,29). The zero-order valence-electron chi connectivity index (χ0n) is 16.6. The molecule has 148 valence electrons. The van der Waals surface area contributed by atoms with Crippen molar-refractivity contribution in [2.75, 3.05) is 18.0 Å². The van der Waals surface area contributed by atoms with Gasteiger partial charge in [0.2, 0.25) is 0 Å². The number of nitrogens with one attached hydrogen (secondary N) is 1. The van der Waals surface area contributed by atoms with E-state index in [1.165, 1.54) is 0 Å². The van der Waals surface area contributed by atoms with Gasteiger partial charge in [-0.2, -0.15) is 0 Å². The van der Waals surface area contributed by atoms with Gasteiger partial charge in [-0.05, 0) is 36.5 Å². The van der Waals surface area contributed by atoms with E-state index in [1.807, 2.05) is 48.5 Å². The van der Waals surface area contributed by atoms with E-state index in [4.69, 9.17) is 4.98 Å². The lowest BCUT2D eigenvalue weighted by Crippen LogP contribution is -2.34. The number of aromatic nitrogens is 3. The minimum absolute atomic E-state index is 0.201. The molecule has 0 aliphatic carbocycles. The maximum atomic E-state index is 12.9. The van der Waals surface area contributed by atoms with Gasteiger partial charge in [0.15, 0.2) is 5.82 Å². The highest BCUT2D eigenvalue weighted by molar-refractivity contribution is 5.93. The summed E-state index contributed by atoms with van der Waals surface area (Å²) < 4.78 is 0. The number of amides is 1. The van der Waals surface area contributed by atoms with Crippen LogP contribution in [0.5, 0.6) is 0 Å². The molecule has 1 aliphatic rings. The monoisotopic (exact) mass is 387 g/mol. The molecule has 6 nitrogen and oxygen atoms in total. The van der Waals surface area contributed by atoms with Gasteiger partial charge in [-0.25, -0.2) is 9.97 Å². The second-order valence-corrected chi connectivity index (χ2v) is 7.51. The predicted molar refractivity (Wildman–Crippen MR) is 113 cm³/mol. The molecule has 1 saturated heterocycles. The van der Waals surface area contributed by atoms with Crippen molar-refractivity contribution in [2.24, 2.45) is 5.92 Å². The Labute approximate surface area is 171 Å². The normalized spacial score (nSPS) is 14.6. The van der Waals surface area contributed by atoms with Gasteiger partial charge in [-0.15, -0.1) is 0 Å². The van der Waals surface area contributed by atoms with E-state index >= 15 is 0 Å². The quantitative estimate of drug-likeness (QED) is 0.723. The van der Waals surface area contributed by atoms with Crippen LogP contribution in [0.1, 0.15) is 35.8 Å². The summed E-state index contributed by atoms with van der Waals surface area (Å²) >= 11 is 0. The fraction of sp³-hybridized carbons (Fsp3) is 0.304. The van der Waals surface area contributed by atoms with Gasteiger partial charge in [0.25, 0.3) is 5.91 Å². The number of carbonyl (C=O) groups is 1. The van der Waals surface area contributed by atoms with E-state index < -0.39 is 0 Å². The smallest absolute Gasteiger partial charge is 0.270 e. The van der Waals surface area contributed by atoms with E-state index in [1.54, 1.807) is 12.4 Å². The van der Waals surface area contributed by atoms with Crippen LogP contribution in [-0.4, -0.2) is 33.9 Å². The molecule has 1 amide bonds. The topological polar surface area (TPSA) is 71.0 Å². The van der Waals surface area contributed by atoms with Crippen LogP contribution in [0.25, 0.3) is 11.4 Å². The van der Waals surface area contributed by atoms with Crippen molar-refractivity contribution in [3.63, 3.8) is 0 Å². The summed E-state index contributed by atoms with van der Waals surface area (Å²) in [5, 5.41) is 2.96. The summed E-state index contributed by atoms with van der Waals surface area (Å²) in [5.74, 6) is 1.92. The lowest BCUT2D eigenvalue weighted by molar-refractivity contribution is 0.0946. The molecule has 0 spiro atoms. The molecule has 29 heavy (non-hydrogen) atoms. The first-order chi connectivity index (χ1) is 14.2. The van der Waals surface area contributed by atoms with Crippen LogP contribution in [0.3, 0.4) is 0 Å². The van der Waals surface area contributed by atoms with Gasteiger partial charge in [0.1, 0.15) is 11.5 Å². The number of piperidine rings is 1. The van der Waals surface area contributed by atoms with Gasteiger partial charge in [0, 0.05) is 43.7 Å². The highest BCUT2D eigenvalue weighted by atomic mass is 16.1. The largest absolute Gasteiger partial charge is 0.356 e. The lowest BCUT2D eigenvalue weighted by Gasteiger charge is -2.31. The Morgan fingerprint density at radius 1 is 1.07 bits per heavy atom. The molecule has 1 aromatic carbocycles. The molecule has 0 radical (unpaired) electrons. The summed E-state index contributed by atoms with van der Waals surface area (Å²) in [4.78, 5) is 28.5. The van der Waals surface area contributed by atoms with Crippen LogP contribution >= 0.6 is 0 Å². The average molecular weight is 387 g/mol. The van der Waals surface area contributed by atoms with Crippen LogP contribution in [0, 0.1) is 5.92 Å². The molecule has 1 fully saturated rings. The van der Waals surface area contributed by atoms with Crippen molar-refractivity contribution in [1.82, 2.24) is 20.3 Å². The third-order valence-electron chi connectivity index (χ3n) is 5.29. The molecule has 2 aromatic heterocycles. The second kappa shape index (κ2) is 8.82. The zero-order valence-corrected chi connectivity index (χ0v) is 16.6. The maximum absolute atomic E-state index is 12.9. The van der Waals surface area contributed by atoms with Crippen LogP contribution in [0.2, 0.25) is 0 Å². The summed E-state index contributed by atoms with van der Waals surface area (Å²) in [6, 6.07) is 15.4. The third-order valence-corrected chi connectivity index (χ3v) is 5.29. The first kappa shape index (κ1) is 19.1. The number of hydrogen-bond acceptors (Lipinski definition) is 5. The van der Waals surface area contributed by atoms with Crippen molar-refractivity contribution in [3.05, 3.63) is 72.2 Å². The summed E-state index contributed by atoms with van der Waals surface area (Å²) in [6.07, 6.45) is 5.70. The van der Waals surface area contributed by atoms with Gasteiger partial charge >= 0.3 is 0 Å². The van der Waals surface area contributed by atoms with Crippen molar-refractivity contribution < 1.29 is 4.79 Å². The fourth-order valence-electron chi connectivity index (χ4n) is 3.44.